The van der Waals surface area contributed by atoms with Gasteiger partial charge in [0.1, 0.15) is 12.4 Å². The smallest absolute Gasteiger partial charge is 0.241 e. The maximum Gasteiger partial charge on any atom is 0.241 e. The molecule has 0 bridgehead atoms. The van der Waals surface area contributed by atoms with E-state index in [0.29, 0.717) is 5.75 Å². The largest absolute Gasteiger partial charge is 0.481 e. The highest BCUT2D eigenvalue weighted by Gasteiger charge is 2.10. The summed E-state index contributed by atoms with van der Waals surface area (Å²) in [4.78, 5) is 4.22. The molecule has 132 valence electrons. The zero-order chi connectivity index (χ0) is 18.2. The number of nitrogens with one attached hydrogen (secondary N) is 1. The van der Waals surface area contributed by atoms with Gasteiger partial charge in [-0.25, -0.2) is 13.4 Å². The number of hydrogen-bond acceptors (Lipinski definition) is 4. The predicted octanol–water partition coefficient (Wildman–Crippen LogP) is 2.23. The monoisotopic (exact) mass is 367 g/mol. The van der Waals surface area contributed by atoms with Crippen LogP contribution in [0.3, 0.4) is 0 Å². The molecule has 0 aliphatic carbocycles. The van der Waals surface area contributed by atoms with E-state index in [1.807, 2.05) is 35.0 Å². The van der Waals surface area contributed by atoms with Crippen molar-refractivity contribution in [3.8, 4) is 23.3 Å². The van der Waals surface area contributed by atoms with Gasteiger partial charge in [-0.15, -0.1) is 0 Å². The minimum Gasteiger partial charge on any atom is -0.481 e. The number of sulfonamides is 1. The molecule has 0 saturated carbocycles. The summed E-state index contributed by atoms with van der Waals surface area (Å²) < 4.78 is 33.8. The van der Waals surface area contributed by atoms with Gasteiger partial charge < -0.3 is 9.30 Å². The van der Waals surface area contributed by atoms with Gasteiger partial charge in [0, 0.05) is 18.1 Å². The molecule has 0 spiro atoms. The van der Waals surface area contributed by atoms with E-state index >= 15 is 0 Å². The van der Waals surface area contributed by atoms with Crippen LogP contribution in [-0.2, 0) is 10.0 Å². The third kappa shape index (κ3) is 4.72. The van der Waals surface area contributed by atoms with E-state index in [0.717, 1.165) is 5.69 Å². The molecular weight excluding hydrogens is 350 g/mol. The lowest BCUT2D eigenvalue weighted by Crippen LogP contribution is -2.23. The van der Waals surface area contributed by atoms with Gasteiger partial charge >= 0.3 is 0 Å². The molecule has 0 unspecified atom stereocenters. The van der Waals surface area contributed by atoms with Crippen molar-refractivity contribution in [1.82, 2.24) is 14.3 Å². The topological polar surface area (TPSA) is 73.2 Å². The van der Waals surface area contributed by atoms with Gasteiger partial charge in [0.05, 0.1) is 17.8 Å². The molecule has 0 saturated heterocycles. The number of rotatable bonds is 6. The van der Waals surface area contributed by atoms with Crippen molar-refractivity contribution in [3.05, 3.63) is 73.3 Å². The second kappa shape index (κ2) is 8.34. The van der Waals surface area contributed by atoms with Crippen molar-refractivity contribution < 1.29 is 13.2 Å². The summed E-state index contributed by atoms with van der Waals surface area (Å²) in [5.41, 5.74) is 0.983. The summed E-state index contributed by atoms with van der Waals surface area (Å²) in [6.45, 7) is 0.206. The van der Waals surface area contributed by atoms with E-state index in [1.165, 1.54) is 12.1 Å². The first-order valence-corrected chi connectivity index (χ1v) is 9.35. The molecule has 0 radical (unpaired) electrons. The molecule has 7 heteroatoms. The van der Waals surface area contributed by atoms with Gasteiger partial charge in [-0.2, -0.15) is 4.72 Å². The van der Waals surface area contributed by atoms with Crippen molar-refractivity contribution in [2.45, 2.75) is 4.90 Å². The minimum absolute atomic E-state index is 0.0279. The van der Waals surface area contributed by atoms with Crippen LogP contribution in [0.2, 0.25) is 0 Å². The number of imidazole rings is 1. The van der Waals surface area contributed by atoms with Gasteiger partial charge in [0.15, 0.2) is 0 Å². The van der Waals surface area contributed by atoms with Crippen LogP contribution < -0.4 is 9.46 Å². The molecule has 26 heavy (non-hydrogen) atoms. The second-order valence-electron chi connectivity index (χ2n) is 5.24. The fraction of sp³-hybridized carbons (Fsp3) is 0.105. The van der Waals surface area contributed by atoms with Crippen LogP contribution in [-0.4, -0.2) is 31.1 Å². The van der Waals surface area contributed by atoms with E-state index in [1.54, 1.807) is 30.7 Å². The van der Waals surface area contributed by atoms with Crippen molar-refractivity contribution in [3.63, 3.8) is 0 Å². The van der Waals surface area contributed by atoms with E-state index in [9.17, 15) is 8.42 Å². The van der Waals surface area contributed by atoms with Crippen molar-refractivity contribution in [1.29, 1.82) is 0 Å². The first-order valence-electron chi connectivity index (χ1n) is 7.87. The first kappa shape index (κ1) is 17.7. The van der Waals surface area contributed by atoms with Crippen LogP contribution in [0.1, 0.15) is 0 Å². The number of nitrogens with zero attached hydrogens (tertiary/aromatic N) is 2. The Balaban J connectivity index is 1.46. The highest BCUT2D eigenvalue weighted by atomic mass is 32.2. The van der Waals surface area contributed by atoms with Crippen LogP contribution in [0, 0.1) is 11.8 Å². The number of hydrogen-bond donors (Lipinski definition) is 1. The highest BCUT2D eigenvalue weighted by Crippen LogP contribution is 2.14. The number of aromatic nitrogens is 2. The molecule has 0 aliphatic rings. The van der Waals surface area contributed by atoms with Gasteiger partial charge in [0.2, 0.25) is 10.0 Å². The Bertz CT molecular complexity index is 988. The van der Waals surface area contributed by atoms with Crippen LogP contribution in [0.25, 0.3) is 5.69 Å². The summed E-state index contributed by atoms with van der Waals surface area (Å²) in [6, 6.07) is 15.7. The van der Waals surface area contributed by atoms with Crippen LogP contribution in [0.5, 0.6) is 5.75 Å². The van der Waals surface area contributed by atoms with E-state index in [-0.39, 0.29) is 18.0 Å². The number of ether oxygens (including phenoxy) is 1. The lowest BCUT2D eigenvalue weighted by Gasteiger charge is -2.05. The van der Waals surface area contributed by atoms with Crippen LogP contribution in [0.4, 0.5) is 0 Å². The van der Waals surface area contributed by atoms with Gasteiger partial charge in [-0.05, 0) is 36.4 Å². The Kier molecular flexibility index (Phi) is 5.69. The normalized spacial score (nSPS) is 10.8. The van der Waals surface area contributed by atoms with Gasteiger partial charge in [0.25, 0.3) is 0 Å². The molecule has 6 nitrogen and oxygen atoms in total. The molecule has 3 aromatic rings. The lowest BCUT2D eigenvalue weighted by molar-refractivity contribution is 0.370. The summed E-state index contributed by atoms with van der Waals surface area (Å²) in [5.74, 6) is 6.21. The molecule has 2 aromatic carbocycles. The molecular formula is C19H17N3O3S. The standard InChI is InChI=1S/C19H17N3O3S/c23-26(24,19-6-2-1-3-7-19)21-12-4-5-15-25-18-10-8-17(9-11-18)22-14-13-20-16-22/h1-3,6-11,13-14,16,21H,12,15H2. The third-order valence-electron chi connectivity index (χ3n) is 3.48. The van der Waals surface area contributed by atoms with E-state index in [4.69, 9.17) is 4.74 Å². The summed E-state index contributed by atoms with van der Waals surface area (Å²) in [6.07, 6.45) is 5.29. The average molecular weight is 367 g/mol. The Morgan fingerprint density at radius 3 is 2.50 bits per heavy atom. The molecule has 0 fully saturated rings. The Morgan fingerprint density at radius 2 is 1.81 bits per heavy atom. The molecule has 1 aromatic heterocycles. The summed E-state index contributed by atoms with van der Waals surface area (Å²) in [5, 5.41) is 0. The maximum atomic E-state index is 12.0. The zero-order valence-corrected chi connectivity index (χ0v) is 14.7. The Hall–Kier alpha value is -3.08. The second-order valence-corrected chi connectivity index (χ2v) is 7.01. The van der Waals surface area contributed by atoms with E-state index in [2.05, 4.69) is 21.5 Å². The molecule has 1 N–H and O–H groups in total. The predicted molar refractivity (Wildman–Crippen MR) is 98.5 cm³/mol. The fourth-order valence-corrected chi connectivity index (χ4v) is 3.12. The molecule has 0 amide bonds. The summed E-state index contributed by atoms with van der Waals surface area (Å²) >= 11 is 0. The first-order chi connectivity index (χ1) is 12.6. The third-order valence-corrected chi connectivity index (χ3v) is 4.90. The lowest BCUT2D eigenvalue weighted by atomic mass is 10.3. The quantitative estimate of drug-likeness (QED) is 0.678. The van der Waals surface area contributed by atoms with Crippen LogP contribution >= 0.6 is 0 Å². The molecule has 3 rings (SSSR count). The summed E-state index contributed by atoms with van der Waals surface area (Å²) in [7, 11) is -3.53. The molecule has 1 heterocycles. The van der Waals surface area contributed by atoms with E-state index < -0.39 is 10.0 Å². The Labute approximate surface area is 152 Å². The molecule has 0 atom stereocenters. The van der Waals surface area contributed by atoms with Crippen molar-refractivity contribution in [2.24, 2.45) is 0 Å². The van der Waals surface area contributed by atoms with Crippen LogP contribution in [0.15, 0.2) is 78.2 Å². The van der Waals surface area contributed by atoms with Gasteiger partial charge in [-0.1, -0.05) is 30.0 Å². The van der Waals surface area contributed by atoms with Gasteiger partial charge in [-0.3, -0.25) is 0 Å². The number of benzene rings is 2. The van der Waals surface area contributed by atoms with Crippen molar-refractivity contribution >= 4 is 10.0 Å². The molecule has 0 aliphatic heterocycles. The minimum atomic E-state index is -3.53. The highest BCUT2D eigenvalue weighted by molar-refractivity contribution is 7.89. The average Bonchev–Trinajstić information content (AvgIpc) is 3.20. The SMILES string of the molecule is O=S(=O)(NCC#CCOc1ccc(-n2ccnc2)cc1)c1ccccc1. The Morgan fingerprint density at radius 1 is 1.04 bits per heavy atom. The van der Waals surface area contributed by atoms with Crippen molar-refractivity contribution in [2.75, 3.05) is 13.2 Å². The fourth-order valence-electron chi connectivity index (χ4n) is 2.17. The maximum absolute atomic E-state index is 12.0. The zero-order valence-electron chi connectivity index (χ0n) is 13.9.